The number of nitrogens with one attached hydrogen (secondary N) is 4. The van der Waals surface area contributed by atoms with Crippen LogP contribution >= 0.6 is 12.4 Å². The predicted molar refractivity (Wildman–Crippen MR) is 422 cm³/mol. The van der Waals surface area contributed by atoms with Crippen LogP contribution < -0.4 is 21.3 Å². The number of hydrogen-bond donors (Lipinski definition) is 6. The number of nitrogens with zero attached hydrogens (tertiary/aromatic N) is 11. The number of rotatable bonds is 20. The standard InChI is InChI=1S/C28H39N5O2.C26H35N5O4.C24H31N5O2.C4H8O.ClH/c1-9-29-28(34)25-24(26(35-31-25)21-13-20(17(4)5)18(6)12-19(21)7)27-30-22-15-33(14-16(2)3)11-10-23(22)32(27)8;1-7-27-26(34)23-22(24(35-29-23)17-10-16(15(4)5)20(32)11-21(17)33)25-28-18-13-31(12-14(2)3)9-8-19(18)30(25)6;1-7-26-24(30)21-20(23-27-18-12-25-9-8-19(18)29(23)6)22(31-28-21)17-11-16(13(2)3)14(4)10-15(17)5;1-4(2)3-5;/h12-13,16-17H,9-11,14-15H2,1-8H3,(H,29,34);10-11,14-15,32-33H,7-9,12-13H2,1-6H3,(H,27,34);10-11,13,25H,7-9,12H2,1-6H3,(H,26,30);3-4H,1-2H3;1H. The van der Waals surface area contributed by atoms with Gasteiger partial charge in [0.2, 0.25) is 0 Å². The third kappa shape index (κ3) is 18.3. The highest BCUT2D eigenvalue weighted by Crippen LogP contribution is 2.45. The second kappa shape index (κ2) is 36.1. The van der Waals surface area contributed by atoms with Crippen molar-refractivity contribution in [2.75, 3.05) is 52.4 Å². The Balaban J connectivity index is 0.000000195. The number of benzene rings is 3. The molecule has 3 amide bonds. The van der Waals surface area contributed by atoms with Crippen LogP contribution in [-0.4, -0.2) is 141 Å². The molecule has 25 heteroatoms. The molecule has 0 radical (unpaired) electrons. The molecule has 0 spiro atoms. The molecule has 3 aliphatic heterocycles. The number of carbonyl (C=O) groups excluding carboxylic acids is 4. The number of aromatic nitrogens is 9. The maximum Gasteiger partial charge on any atom is 0.274 e. The highest BCUT2D eigenvalue weighted by molar-refractivity contribution is 6.03. The van der Waals surface area contributed by atoms with Gasteiger partial charge in [-0.25, -0.2) is 15.0 Å². The van der Waals surface area contributed by atoms with Crippen molar-refractivity contribution in [2.24, 2.45) is 38.9 Å². The summed E-state index contributed by atoms with van der Waals surface area (Å²) in [5.74, 6) is 4.58. The average molecular weight is 1490 g/mol. The van der Waals surface area contributed by atoms with E-state index in [2.05, 4.69) is 163 Å². The predicted octanol–water partition coefficient (Wildman–Crippen LogP) is 14.4. The van der Waals surface area contributed by atoms with Gasteiger partial charge in [0.25, 0.3) is 17.7 Å². The topological polar surface area (TPSA) is 295 Å². The molecule has 0 fully saturated rings. The Morgan fingerprint density at radius 1 is 0.495 bits per heavy atom. The molecule has 6 N–H and O–H groups in total. The maximum atomic E-state index is 13.0. The molecule has 0 bridgehead atoms. The van der Waals surface area contributed by atoms with E-state index < -0.39 is 0 Å². The van der Waals surface area contributed by atoms with Crippen molar-refractivity contribution in [1.29, 1.82) is 0 Å². The summed E-state index contributed by atoms with van der Waals surface area (Å²) in [7, 11) is 5.99. The van der Waals surface area contributed by atoms with Crippen molar-refractivity contribution in [3.05, 3.63) is 127 Å². The van der Waals surface area contributed by atoms with Gasteiger partial charge in [-0.15, -0.1) is 12.4 Å². The van der Waals surface area contributed by atoms with Gasteiger partial charge in [-0.2, -0.15) is 0 Å². The van der Waals surface area contributed by atoms with E-state index in [9.17, 15) is 29.4 Å². The number of imidazole rings is 3. The molecule has 12 rings (SSSR count). The van der Waals surface area contributed by atoms with Crippen LogP contribution in [0.1, 0.15) is 226 Å². The average Bonchev–Trinajstić information content (AvgIpc) is 1.60. The van der Waals surface area contributed by atoms with Crippen LogP contribution in [0.2, 0.25) is 0 Å². The number of fused-ring (bicyclic) bond motifs is 3. The quantitative estimate of drug-likeness (QED) is 0.0386. The first kappa shape index (κ1) is 83.4. The highest BCUT2D eigenvalue weighted by Gasteiger charge is 2.36. The molecule has 0 atom stereocenters. The molecule has 578 valence electrons. The first-order valence-electron chi connectivity index (χ1n) is 37.7. The number of aldehydes is 1. The smallest absolute Gasteiger partial charge is 0.274 e. The number of carbonyl (C=O) groups is 4. The Labute approximate surface area is 637 Å². The molecule has 9 aromatic rings. The molecule has 24 nitrogen and oxygen atoms in total. The third-order valence-electron chi connectivity index (χ3n) is 19.7. The Kier molecular flexibility index (Phi) is 28.2. The van der Waals surface area contributed by atoms with Crippen LogP contribution in [0.4, 0.5) is 0 Å². The number of aromatic hydroxyl groups is 2. The number of phenols is 2. The van der Waals surface area contributed by atoms with Gasteiger partial charge in [-0.1, -0.05) is 111 Å². The molecule has 0 unspecified atom stereocenters. The van der Waals surface area contributed by atoms with Gasteiger partial charge in [0, 0.05) is 153 Å². The van der Waals surface area contributed by atoms with E-state index in [1.54, 1.807) is 6.07 Å². The summed E-state index contributed by atoms with van der Waals surface area (Å²) in [5, 5.41) is 45.6. The van der Waals surface area contributed by atoms with E-state index in [0.29, 0.717) is 88.5 Å². The van der Waals surface area contributed by atoms with Crippen LogP contribution in [0.15, 0.2) is 50.0 Å². The van der Waals surface area contributed by atoms with Crippen molar-refractivity contribution >= 4 is 36.4 Å². The van der Waals surface area contributed by atoms with Crippen molar-refractivity contribution in [1.82, 2.24) is 75.2 Å². The van der Waals surface area contributed by atoms with Crippen molar-refractivity contribution in [3.8, 4) is 79.6 Å². The fourth-order valence-corrected chi connectivity index (χ4v) is 14.6. The summed E-state index contributed by atoms with van der Waals surface area (Å²) in [6, 6.07) is 11.7. The molecular formula is C82H114ClN15O9. The molecule has 0 saturated carbocycles. The summed E-state index contributed by atoms with van der Waals surface area (Å²) in [4.78, 5) is 68.2. The van der Waals surface area contributed by atoms with Gasteiger partial charge in [0.1, 0.15) is 35.3 Å². The summed E-state index contributed by atoms with van der Waals surface area (Å²) in [6.07, 6.45) is 3.60. The molecular weight excluding hydrogens is 1370 g/mol. The number of halogens is 1. The van der Waals surface area contributed by atoms with E-state index in [-0.39, 0.29) is 76.3 Å². The Hall–Kier alpha value is -9.23. The van der Waals surface area contributed by atoms with E-state index >= 15 is 0 Å². The minimum atomic E-state index is -0.373. The fourth-order valence-electron chi connectivity index (χ4n) is 14.6. The van der Waals surface area contributed by atoms with Crippen LogP contribution in [0.3, 0.4) is 0 Å². The van der Waals surface area contributed by atoms with Gasteiger partial charge in [-0.3, -0.25) is 24.2 Å². The summed E-state index contributed by atoms with van der Waals surface area (Å²) >= 11 is 0. The number of aryl methyl sites for hydroxylation is 4. The largest absolute Gasteiger partial charge is 0.508 e. The van der Waals surface area contributed by atoms with Crippen LogP contribution in [0.25, 0.3) is 68.1 Å². The van der Waals surface area contributed by atoms with Crippen molar-refractivity contribution in [3.63, 3.8) is 0 Å². The first-order valence-corrected chi connectivity index (χ1v) is 37.7. The highest BCUT2D eigenvalue weighted by atomic mass is 35.5. The Morgan fingerprint density at radius 2 is 0.841 bits per heavy atom. The lowest BCUT2D eigenvalue weighted by molar-refractivity contribution is -0.110. The lowest BCUT2D eigenvalue weighted by Gasteiger charge is -2.27. The molecule has 9 heterocycles. The summed E-state index contributed by atoms with van der Waals surface area (Å²) in [6.45, 7) is 48.0. The molecule has 3 aliphatic rings. The zero-order valence-electron chi connectivity index (χ0n) is 67.0. The van der Waals surface area contributed by atoms with E-state index in [1.165, 1.54) is 39.7 Å². The zero-order chi connectivity index (χ0) is 77.4. The number of phenolic OH excluding ortho intramolecular Hbond substituents is 2. The van der Waals surface area contributed by atoms with Gasteiger partial charge < -0.3 is 63.5 Å². The third-order valence-corrected chi connectivity index (χ3v) is 19.7. The lowest BCUT2D eigenvalue weighted by Crippen LogP contribution is -2.33. The van der Waals surface area contributed by atoms with Gasteiger partial charge in [0.15, 0.2) is 34.4 Å². The Morgan fingerprint density at radius 3 is 1.18 bits per heavy atom. The number of hydrogen-bond acceptors (Lipinski definition) is 18. The minimum absolute atomic E-state index is 0. The Bertz CT molecular complexity index is 4440. The van der Waals surface area contributed by atoms with E-state index in [0.717, 1.165) is 135 Å². The van der Waals surface area contributed by atoms with E-state index in [1.807, 2.05) is 74.2 Å². The molecule has 0 saturated heterocycles. The minimum Gasteiger partial charge on any atom is -0.508 e. The van der Waals surface area contributed by atoms with Gasteiger partial charge >= 0.3 is 0 Å². The normalized spacial score (nSPS) is 13.5. The molecule has 3 aromatic carbocycles. The maximum absolute atomic E-state index is 13.0. The SMILES string of the molecule is CC(C)C=O.CCNC(=O)c1noc(-c2cc(C(C)C)c(C)cc2C)c1-c1nc2c(n1C)CCN(CC(C)C)C2.CCNC(=O)c1noc(-c2cc(C(C)C)c(C)cc2C)c1-c1nc2c(n1C)CCNC2.CCNC(=O)c1noc(-c2cc(C(C)C)c(O)cc2O)c1-c1nc2c(n1C)CCN(CC(C)C)C2.Cl. The second-order valence-corrected chi connectivity index (χ2v) is 30.5. The van der Waals surface area contributed by atoms with Gasteiger partial charge in [-0.05, 0) is 135 Å². The lowest BCUT2D eigenvalue weighted by atomic mass is 9.91. The van der Waals surface area contributed by atoms with Crippen LogP contribution in [0, 0.1) is 45.4 Å². The van der Waals surface area contributed by atoms with Gasteiger partial charge in [0.05, 0.1) is 39.3 Å². The number of amides is 3. The molecule has 107 heavy (non-hydrogen) atoms. The second-order valence-electron chi connectivity index (χ2n) is 30.5. The van der Waals surface area contributed by atoms with Crippen LogP contribution in [-0.2, 0) is 64.8 Å². The zero-order valence-corrected chi connectivity index (χ0v) is 67.8. The molecule has 6 aromatic heterocycles. The van der Waals surface area contributed by atoms with E-state index in [4.69, 9.17) is 28.5 Å². The summed E-state index contributed by atoms with van der Waals surface area (Å²) < 4.78 is 23.7. The monoisotopic (exact) mass is 1490 g/mol. The summed E-state index contributed by atoms with van der Waals surface area (Å²) in [5.41, 5.74) is 19.1. The molecule has 0 aliphatic carbocycles. The first-order chi connectivity index (χ1) is 50.3. The fraction of sp³-hybridized carbons (Fsp3) is 0.512. The van der Waals surface area contributed by atoms with Crippen LogP contribution in [0.5, 0.6) is 11.5 Å². The van der Waals surface area contributed by atoms with Crippen molar-refractivity contribution < 1.29 is 43.0 Å². The van der Waals surface area contributed by atoms with Crippen molar-refractivity contribution in [2.45, 2.75) is 188 Å².